The minimum absolute atomic E-state index is 0.603. The number of hydrogen-bond donors (Lipinski definition) is 1. The smallest absolute Gasteiger partial charge is 0.211 e. The topological polar surface area (TPSA) is 52.7 Å². The van der Waals surface area contributed by atoms with Gasteiger partial charge in [0, 0.05) is 45.8 Å². The van der Waals surface area contributed by atoms with Gasteiger partial charge in [0.1, 0.15) is 0 Å². The van der Waals surface area contributed by atoms with Crippen molar-refractivity contribution in [1.82, 2.24) is 14.5 Å². The van der Waals surface area contributed by atoms with Crippen molar-refractivity contribution in [3.05, 3.63) is 34.9 Å². The van der Waals surface area contributed by atoms with Crippen LogP contribution in [-0.2, 0) is 29.7 Å². The minimum Gasteiger partial charge on any atom is -0.309 e. The highest BCUT2D eigenvalue weighted by Crippen LogP contribution is 2.18. The summed E-state index contributed by atoms with van der Waals surface area (Å²) in [6.45, 7) is 5.67. The monoisotopic (exact) mass is 295 g/mol. The van der Waals surface area contributed by atoms with Crippen LogP contribution in [0.1, 0.15) is 16.7 Å². The van der Waals surface area contributed by atoms with Gasteiger partial charge >= 0.3 is 0 Å². The van der Waals surface area contributed by atoms with E-state index in [1.807, 2.05) is 0 Å². The van der Waals surface area contributed by atoms with Crippen molar-refractivity contribution in [2.24, 2.45) is 0 Å². The predicted molar refractivity (Wildman–Crippen MR) is 78.7 cm³/mol. The second-order valence-electron chi connectivity index (χ2n) is 5.64. The highest BCUT2D eigenvalue weighted by Gasteiger charge is 2.23. The third-order valence-electron chi connectivity index (χ3n) is 4.11. The third-order valence-corrected chi connectivity index (χ3v) is 5.41. The summed E-state index contributed by atoms with van der Waals surface area (Å²) in [5.41, 5.74) is 4.12. The number of piperazine rings is 1. The van der Waals surface area contributed by atoms with E-state index in [1.165, 1.54) is 22.9 Å². The molecule has 3 rings (SSSR count). The molecule has 1 fully saturated rings. The fourth-order valence-electron chi connectivity index (χ4n) is 2.92. The summed E-state index contributed by atoms with van der Waals surface area (Å²) in [5, 5.41) is 3.35. The van der Waals surface area contributed by atoms with Crippen molar-refractivity contribution in [3.8, 4) is 0 Å². The first kappa shape index (κ1) is 14.0. The highest BCUT2D eigenvalue weighted by atomic mass is 32.2. The lowest BCUT2D eigenvalue weighted by atomic mass is 10.1. The van der Waals surface area contributed by atoms with Crippen LogP contribution < -0.4 is 5.32 Å². The van der Waals surface area contributed by atoms with Gasteiger partial charge in [-0.3, -0.25) is 4.90 Å². The molecule has 110 valence electrons. The fourth-order valence-corrected chi connectivity index (χ4v) is 3.75. The molecule has 0 spiro atoms. The van der Waals surface area contributed by atoms with Crippen molar-refractivity contribution in [2.45, 2.75) is 19.6 Å². The number of hydrogen-bond acceptors (Lipinski definition) is 4. The lowest BCUT2D eigenvalue weighted by Crippen LogP contribution is -2.47. The molecule has 0 bridgehead atoms. The van der Waals surface area contributed by atoms with E-state index in [9.17, 15) is 8.42 Å². The Morgan fingerprint density at radius 3 is 2.50 bits per heavy atom. The van der Waals surface area contributed by atoms with E-state index in [-0.39, 0.29) is 0 Å². The zero-order chi connectivity index (χ0) is 14.2. The number of sulfonamides is 1. The second kappa shape index (κ2) is 5.44. The molecule has 6 heteroatoms. The van der Waals surface area contributed by atoms with Crippen LogP contribution >= 0.6 is 0 Å². The average molecular weight is 295 g/mol. The van der Waals surface area contributed by atoms with Gasteiger partial charge in [0.15, 0.2) is 0 Å². The normalized spacial score (nSPS) is 21.1. The van der Waals surface area contributed by atoms with E-state index in [4.69, 9.17) is 0 Å². The molecule has 1 aromatic carbocycles. The molecule has 0 saturated carbocycles. The summed E-state index contributed by atoms with van der Waals surface area (Å²) >= 11 is 0. The van der Waals surface area contributed by atoms with Crippen LogP contribution in [0.15, 0.2) is 18.2 Å². The molecule has 20 heavy (non-hydrogen) atoms. The van der Waals surface area contributed by atoms with Crippen LogP contribution in [-0.4, -0.2) is 50.1 Å². The van der Waals surface area contributed by atoms with Gasteiger partial charge in [-0.2, -0.15) is 4.31 Å². The average Bonchev–Trinajstić information content (AvgIpc) is 2.86. The van der Waals surface area contributed by atoms with Crippen molar-refractivity contribution in [2.75, 3.05) is 32.4 Å². The Hall–Kier alpha value is -0.950. The first-order valence-corrected chi connectivity index (χ1v) is 8.86. The van der Waals surface area contributed by atoms with Gasteiger partial charge < -0.3 is 5.32 Å². The summed E-state index contributed by atoms with van der Waals surface area (Å²) in [7, 11) is -3.03. The Morgan fingerprint density at radius 2 is 1.80 bits per heavy atom. The maximum absolute atomic E-state index is 11.5. The first-order chi connectivity index (χ1) is 9.52. The molecule has 0 atom stereocenters. The van der Waals surface area contributed by atoms with Gasteiger partial charge in [-0.15, -0.1) is 0 Å². The Kier molecular flexibility index (Phi) is 3.81. The first-order valence-electron chi connectivity index (χ1n) is 7.01. The third kappa shape index (κ3) is 3.03. The molecule has 0 unspecified atom stereocenters. The lowest BCUT2D eigenvalue weighted by molar-refractivity contribution is 0.182. The molecule has 0 aromatic heterocycles. The summed E-state index contributed by atoms with van der Waals surface area (Å²) in [4.78, 5) is 2.33. The highest BCUT2D eigenvalue weighted by molar-refractivity contribution is 7.88. The van der Waals surface area contributed by atoms with E-state index >= 15 is 0 Å². The van der Waals surface area contributed by atoms with Crippen LogP contribution in [0, 0.1) is 0 Å². The molecule has 1 N–H and O–H groups in total. The SMILES string of the molecule is CS(=O)(=O)N1CCN(Cc2ccc3c(c2)CNC3)CC1. The van der Waals surface area contributed by atoms with Crippen molar-refractivity contribution in [3.63, 3.8) is 0 Å². The summed E-state index contributed by atoms with van der Waals surface area (Å²) in [6.07, 6.45) is 1.29. The number of benzene rings is 1. The molecule has 1 aromatic rings. The van der Waals surface area contributed by atoms with E-state index in [0.29, 0.717) is 13.1 Å². The molecule has 2 aliphatic heterocycles. The van der Waals surface area contributed by atoms with Crippen LogP contribution in [0.4, 0.5) is 0 Å². The molecule has 0 aliphatic carbocycles. The lowest BCUT2D eigenvalue weighted by Gasteiger charge is -2.33. The molecule has 5 nitrogen and oxygen atoms in total. The zero-order valence-electron chi connectivity index (χ0n) is 11.8. The number of nitrogens with one attached hydrogen (secondary N) is 1. The molecule has 2 aliphatic rings. The van der Waals surface area contributed by atoms with Crippen molar-refractivity contribution >= 4 is 10.0 Å². The molecule has 0 radical (unpaired) electrons. The quantitative estimate of drug-likeness (QED) is 0.875. The minimum atomic E-state index is -3.03. The van der Waals surface area contributed by atoms with E-state index < -0.39 is 10.0 Å². The van der Waals surface area contributed by atoms with Crippen molar-refractivity contribution in [1.29, 1.82) is 0 Å². The number of fused-ring (bicyclic) bond motifs is 1. The largest absolute Gasteiger partial charge is 0.309 e. The van der Waals surface area contributed by atoms with Gasteiger partial charge in [-0.1, -0.05) is 18.2 Å². The van der Waals surface area contributed by atoms with Crippen LogP contribution in [0.2, 0.25) is 0 Å². The zero-order valence-corrected chi connectivity index (χ0v) is 12.6. The van der Waals surface area contributed by atoms with Crippen molar-refractivity contribution < 1.29 is 8.42 Å². The second-order valence-corrected chi connectivity index (χ2v) is 7.63. The summed E-state index contributed by atoms with van der Waals surface area (Å²) in [5.74, 6) is 0. The number of rotatable bonds is 3. The van der Waals surface area contributed by atoms with Crippen LogP contribution in [0.3, 0.4) is 0 Å². The maximum atomic E-state index is 11.5. The fraction of sp³-hybridized carbons (Fsp3) is 0.571. The van der Waals surface area contributed by atoms with Gasteiger partial charge in [-0.05, 0) is 16.7 Å². The van der Waals surface area contributed by atoms with Gasteiger partial charge in [0.2, 0.25) is 10.0 Å². The van der Waals surface area contributed by atoms with E-state index in [0.717, 1.165) is 32.7 Å². The van der Waals surface area contributed by atoms with E-state index in [1.54, 1.807) is 4.31 Å². The molecule has 1 saturated heterocycles. The molecule has 2 heterocycles. The predicted octanol–water partition coefficient (Wildman–Crippen LogP) is 0.367. The molecule has 0 amide bonds. The Balaban J connectivity index is 1.60. The van der Waals surface area contributed by atoms with Crippen LogP contribution in [0.5, 0.6) is 0 Å². The van der Waals surface area contributed by atoms with Crippen LogP contribution in [0.25, 0.3) is 0 Å². The summed E-state index contributed by atoms with van der Waals surface area (Å²) < 4.78 is 24.5. The molecular weight excluding hydrogens is 274 g/mol. The Morgan fingerprint density at radius 1 is 1.10 bits per heavy atom. The van der Waals surface area contributed by atoms with Gasteiger partial charge in [0.05, 0.1) is 6.26 Å². The standard InChI is InChI=1S/C14H21N3O2S/c1-20(18,19)17-6-4-16(5-7-17)11-12-2-3-13-9-15-10-14(13)8-12/h2-3,8,15H,4-7,9-11H2,1H3. The number of nitrogens with zero attached hydrogens (tertiary/aromatic N) is 2. The van der Waals surface area contributed by atoms with Gasteiger partial charge in [-0.25, -0.2) is 8.42 Å². The maximum Gasteiger partial charge on any atom is 0.211 e. The van der Waals surface area contributed by atoms with Gasteiger partial charge in [0.25, 0.3) is 0 Å². The Bertz CT molecular complexity index is 592. The van der Waals surface area contributed by atoms with E-state index in [2.05, 4.69) is 28.4 Å². The molecular formula is C14H21N3O2S. The summed E-state index contributed by atoms with van der Waals surface area (Å²) in [6, 6.07) is 6.67. The Labute approximate surface area is 120 Å².